The van der Waals surface area contributed by atoms with Crippen LogP contribution in [0.3, 0.4) is 0 Å². The Morgan fingerprint density at radius 3 is 2.47 bits per heavy atom. The van der Waals surface area contributed by atoms with Crippen LogP contribution >= 0.6 is 12.6 Å². The predicted molar refractivity (Wildman–Crippen MR) is 81.9 cm³/mol. The number of aryl methyl sites for hydroxylation is 1. The third-order valence-corrected chi connectivity index (χ3v) is 3.48. The molecule has 98 valence electrons. The molecule has 0 unspecified atom stereocenters. The number of carbonyl (C=O) groups excluding carboxylic acids is 1. The highest BCUT2D eigenvalue weighted by Gasteiger charge is 2.06. The van der Waals surface area contributed by atoms with Crippen LogP contribution in [0.15, 0.2) is 47.4 Å². The Kier molecular flexibility index (Phi) is 4.27. The molecule has 2 aromatic rings. The van der Waals surface area contributed by atoms with Gasteiger partial charge in [0.15, 0.2) is 0 Å². The van der Waals surface area contributed by atoms with Crippen molar-refractivity contribution in [1.29, 1.82) is 0 Å². The Labute approximate surface area is 119 Å². The first-order valence-corrected chi connectivity index (χ1v) is 6.65. The zero-order valence-corrected chi connectivity index (χ0v) is 12.0. The number of benzene rings is 2. The van der Waals surface area contributed by atoms with E-state index < -0.39 is 0 Å². The van der Waals surface area contributed by atoms with Gasteiger partial charge in [-0.25, -0.2) is 0 Å². The second kappa shape index (κ2) is 5.93. The van der Waals surface area contributed by atoms with E-state index in [1.165, 1.54) is 5.56 Å². The van der Waals surface area contributed by atoms with Gasteiger partial charge in [-0.05, 0) is 48.7 Å². The SMILES string of the molecule is Cc1cccc(NC(=O)Cc2ccc(S)cc2)c1C. The maximum Gasteiger partial charge on any atom is 0.228 e. The minimum atomic E-state index is 0.000569. The molecule has 0 aliphatic heterocycles. The van der Waals surface area contributed by atoms with Crippen molar-refractivity contribution in [2.24, 2.45) is 0 Å². The van der Waals surface area contributed by atoms with Crippen molar-refractivity contribution in [1.82, 2.24) is 0 Å². The molecule has 0 atom stereocenters. The number of thiol groups is 1. The second-order valence-corrected chi connectivity index (χ2v) is 5.16. The molecule has 19 heavy (non-hydrogen) atoms. The zero-order valence-electron chi connectivity index (χ0n) is 11.1. The van der Waals surface area contributed by atoms with Gasteiger partial charge in [0.2, 0.25) is 5.91 Å². The van der Waals surface area contributed by atoms with Crippen LogP contribution in [0.5, 0.6) is 0 Å². The Balaban J connectivity index is 2.05. The summed E-state index contributed by atoms with van der Waals surface area (Å²) < 4.78 is 0. The summed E-state index contributed by atoms with van der Waals surface area (Å²) >= 11 is 4.23. The van der Waals surface area contributed by atoms with E-state index in [0.29, 0.717) is 6.42 Å². The van der Waals surface area contributed by atoms with E-state index in [4.69, 9.17) is 0 Å². The van der Waals surface area contributed by atoms with Gasteiger partial charge < -0.3 is 5.32 Å². The smallest absolute Gasteiger partial charge is 0.228 e. The number of hydrogen-bond donors (Lipinski definition) is 2. The third-order valence-electron chi connectivity index (χ3n) is 3.18. The molecule has 0 aromatic heterocycles. The quantitative estimate of drug-likeness (QED) is 0.817. The molecular formula is C16H17NOS. The average Bonchev–Trinajstić information content (AvgIpc) is 2.38. The third kappa shape index (κ3) is 3.61. The van der Waals surface area contributed by atoms with Crippen LogP contribution in [0.25, 0.3) is 0 Å². The summed E-state index contributed by atoms with van der Waals surface area (Å²) in [6, 6.07) is 13.5. The maximum atomic E-state index is 12.0. The monoisotopic (exact) mass is 271 g/mol. The first-order chi connectivity index (χ1) is 9.06. The van der Waals surface area contributed by atoms with Crippen molar-refractivity contribution in [3.8, 4) is 0 Å². The van der Waals surface area contributed by atoms with Crippen molar-refractivity contribution in [2.75, 3.05) is 5.32 Å². The van der Waals surface area contributed by atoms with E-state index in [1.54, 1.807) is 0 Å². The van der Waals surface area contributed by atoms with Crippen LogP contribution in [0.2, 0.25) is 0 Å². The normalized spacial score (nSPS) is 10.3. The van der Waals surface area contributed by atoms with E-state index in [2.05, 4.69) is 17.9 Å². The fourth-order valence-corrected chi connectivity index (χ4v) is 2.03. The molecule has 2 nitrogen and oxygen atoms in total. The summed E-state index contributed by atoms with van der Waals surface area (Å²) in [5.41, 5.74) is 4.16. The lowest BCUT2D eigenvalue weighted by molar-refractivity contribution is -0.115. The Bertz CT molecular complexity index is 590. The van der Waals surface area contributed by atoms with Gasteiger partial charge in [0.1, 0.15) is 0 Å². The number of amides is 1. The molecule has 0 saturated carbocycles. The lowest BCUT2D eigenvalue weighted by Crippen LogP contribution is -2.15. The summed E-state index contributed by atoms with van der Waals surface area (Å²) in [5.74, 6) is 0.000569. The summed E-state index contributed by atoms with van der Waals surface area (Å²) in [4.78, 5) is 12.9. The Morgan fingerprint density at radius 1 is 1.11 bits per heavy atom. The minimum absolute atomic E-state index is 0.000569. The molecule has 0 radical (unpaired) electrons. The van der Waals surface area contributed by atoms with Crippen LogP contribution in [-0.2, 0) is 11.2 Å². The van der Waals surface area contributed by atoms with Gasteiger partial charge in [0.25, 0.3) is 0 Å². The van der Waals surface area contributed by atoms with E-state index >= 15 is 0 Å². The van der Waals surface area contributed by atoms with Gasteiger partial charge in [-0.3, -0.25) is 4.79 Å². The van der Waals surface area contributed by atoms with Gasteiger partial charge in [-0.2, -0.15) is 0 Å². The van der Waals surface area contributed by atoms with E-state index in [0.717, 1.165) is 21.7 Å². The van der Waals surface area contributed by atoms with Gasteiger partial charge in [-0.15, -0.1) is 12.6 Å². The molecule has 3 heteroatoms. The Hall–Kier alpha value is -1.74. The van der Waals surface area contributed by atoms with E-state index in [-0.39, 0.29) is 5.91 Å². The zero-order chi connectivity index (χ0) is 13.8. The van der Waals surface area contributed by atoms with Crippen molar-refractivity contribution in [3.63, 3.8) is 0 Å². The van der Waals surface area contributed by atoms with Gasteiger partial charge in [-0.1, -0.05) is 24.3 Å². The summed E-state index contributed by atoms with van der Waals surface area (Å²) in [6.07, 6.45) is 0.376. The van der Waals surface area contributed by atoms with Crippen LogP contribution < -0.4 is 5.32 Å². The van der Waals surface area contributed by atoms with E-state index in [1.807, 2.05) is 56.3 Å². The highest BCUT2D eigenvalue weighted by Crippen LogP contribution is 2.18. The fraction of sp³-hybridized carbons (Fsp3) is 0.188. The molecule has 0 saturated heterocycles. The molecule has 0 heterocycles. The van der Waals surface area contributed by atoms with Crippen molar-refractivity contribution in [2.45, 2.75) is 25.2 Å². The highest BCUT2D eigenvalue weighted by molar-refractivity contribution is 7.80. The van der Waals surface area contributed by atoms with Crippen LogP contribution in [0, 0.1) is 13.8 Å². The molecule has 0 aliphatic rings. The number of rotatable bonds is 3. The second-order valence-electron chi connectivity index (χ2n) is 4.64. The highest BCUT2D eigenvalue weighted by atomic mass is 32.1. The minimum Gasteiger partial charge on any atom is -0.326 e. The number of carbonyl (C=O) groups is 1. The fourth-order valence-electron chi connectivity index (χ4n) is 1.88. The molecule has 0 aliphatic carbocycles. The van der Waals surface area contributed by atoms with Crippen LogP contribution in [0.4, 0.5) is 5.69 Å². The first-order valence-electron chi connectivity index (χ1n) is 6.20. The molecule has 1 N–H and O–H groups in total. The van der Waals surface area contributed by atoms with Gasteiger partial charge in [0.05, 0.1) is 6.42 Å². The number of hydrogen-bond acceptors (Lipinski definition) is 2. The van der Waals surface area contributed by atoms with Crippen molar-refractivity contribution in [3.05, 3.63) is 59.2 Å². The Morgan fingerprint density at radius 2 is 1.79 bits per heavy atom. The number of anilines is 1. The molecule has 0 fully saturated rings. The summed E-state index contributed by atoms with van der Waals surface area (Å²) in [5, 5.41) is 2.96. The standard InChI is InChI=1S/C16H17NOS/c1-11-4-3-5-15(12(11)2)17-16(18)10-13-6-8-14(19)9-7-13/h3-9,19H,10H2,1-2H3,(H,17,18). The molecule has 2 rings (SSSR count). The van der Waals surface area contributed by atoms with E-state index in [9.17, 15) is 4.79 Å². The molecule has 1 amide bonds. The lowest BCUT2D eigenvalue weighted by atomic mass is 10.1. The summed E-state index contributed by atoms with van der Waals surface area (Å²) in [6.45, 7) is 4.05. The average molecular weight is 271 g/mol. The van der Waals surface area contributed by atoms with Gasteiger partial charge in [0, 0.05) is 10.6 Å². The van der Waals surface area contributed by atoms with Crippen molar-refractivity contribution < 1.29 is 4.79 Å². The van der Waals surface area contributed by atoms with Crippen molar-refractivity contribution >= 4 is 24.2 Å². The van der Waals surface area contributed by atoms with Crippen LogP contribution in [0.1, 0.15) is 16.7 Å². The largest absolute Gasteiger partial charge is 0.326 e. The molecule has 2 aromatic carbocycles. The van der Waals surface area contributed by atoms with Gasteiger partial charge >= 0.3 is 0 Å². The number of nitrogens with one attached hydrogen (secondary N) is 1. The predicted octanol–water partition coefficient (Wildman–Crippen LogP) is 3.77. The first kappa shape index (κ1) is 13.7. The summed E-state index contributed by atoms with van der Waals surface area (Å²) in [7, 11) is 0. The lowest BCUT2D eigenvalue weighted by Gasteiger charge is -2.10. The molecule has 0 bridgehead atoms. The topological polar surface area (TPSA) is 29.1 Å². The van der Waals surface area contributed by atoms with Crippen LogP contribution in [-0.4, -0.2) is 5.91 Å². The molecular weight excluding hydrogens is 254 g/mol. The maximum absolute atomic E-state index is 12.0. The molecule has 0 spiro atoms.